The highest BCUT2D eigenvalue weighted by atomic mass is 32.2. The second kappa shape index (κ2) is 6.96. The maximum absolute atomic E-state index is 11.1. The van der Waals surface area contributed by atoms with E-state index in [1.807, 2.05) is 6.07 Å². The number of hydrogen-bond acceptors (Lipinski definition) is 4. The van der Waals surface area contributed by atoms with Gasteiger partial charge in [-0.15, -0.1) is 11.8 Å². The van der Waals surface area contributed by atoms with E-state index in [9.17, 15) is 9.59 Å². The molecule has 4 nitrogen and oxygen atoms in total. The molecule has 0 heterocycles. The predicted molar refractivity (Wildman–Crippen MR) is 65.9 cm³/mol. The van der Waals surface area contributed by atoms with Gasteiger partial charge in [-0.3, -0.25) is 9.59 Å². The lowest BCUT2D eigenvalue weighted by Gasteiger charge is -2.11. The van der Waals surface area contributed by atoms with Crippen LogP contribution in [0, 0.1) is 0 Å². The van der Waals surface area contributed by atoms with Gasteiger partial charge in [0.2, 0.25) is 0 Å². The second-order valence-electron chi connectivity index (χ2n) is 3.33. The molecule has 1 atom stereocenters. The van der Waals surface area contributed by atoms with E-state index < -0.39 is 11.2 Å². The highest BCUT2D eigenvalue weighted by molar-refractivity contribution is 8.00. The van der Waals surface area contributed by atoms with Crippen molar-refractivity contribution in [1.29, 1.82) is 0 Å². The van der Waals surface area contributed by atoms with Crippen LogP contribution in [-0.4, -0.2) is 29.9 Å². The van der Waals surface area contributed by atoms with Gasteiger partial charge < -0.3 is 9.84 Å². The average molecular weight is 254 g/mol. The number of methoxy groups -OCH3 is 1. The van der Waals surface area contributed by atoms with Crippen molar-refractivity contribution < 1.29 is 19.4 Å². The maximum atomic E-state index is 11.1. The molecule has 0 aliphatic rings. The zero-order chi connectivity index (χ0) is 12.7. The van der Waals surface area contributed by atoms with Gasteiger partial charge in [-0.2, -0.15) is 0 Å². The van der Waals surface area contributed by atoms with Crippen LogP contribution < -0.4 is 0 Å². The molecular formula is C12H14O4S. The van der Waals surface area contributed by atoms with Gasteiger partial charge in [0.15, 0.2) is 0 Å². The van der Waals surface area contributed by atoms with Crippen molar-refractivity contribution in [2.75, 3.05) is 12.9 Å². The minimum absolute atomic E-state index is 0.220. The van der Waals surface area contributed by atoms with Crippen LogP contribution in [0.3, 0.4) is 0 Å². The number of benzene rings is 1. The van der Waals surface area contributed by atoms with Gasteiger partial charge in [-0.25, -0.2) is 0 Å². The topological polar surface area (TPSA) is 63.6 Å². The number of hydrogen-bond donors (Lipinski definition) is 1. The molecule has 1 aromatic rings. The number of aliphatic carboxylic acids is 1. The summed E-state index contributed by atoms with van der Waals surface area (Å²) in [5.74, 6) is -0.792. The number of carbonyl (C=O) groups excluding carboxylic acids is 1. The zero-order valence-corrected chi connectivity index (χ0v) is 10.3. The molecule has 0 saturated carbocycles. The van der Waals surface area contributed by atoms with Crippen LogP contribution in [-0.2, 0) is 14.3 Å². The number of carboxylic acid groups (broad SMARTS) is 1. The lowest BCUT2D eigenvalue weighted by atomic mass is 10.1. The monoisotopic (exact) mass is 254 g/mol. The number of thioether (sulfide) groups is 1. The molecule has 1 N–H and O–H groups in total. The fourth-order valence-electron chi connectivity index (χ4n) is 1.30. The molecule has 1 unspecified atom stereocenters. The SMILES string of the molecule is COC(=O)CCSC(C(=O)O)c1ccccc1. The van der Waals surface area contributed by atoms with Gasteiger partial charge >= 0.3 is 11.9 Å². The Kier molecular flexibility index (Phi) is 5.56. The third-order valence-electron chi connectivity index (χ3n) is 2.14. The molecule has 0 spiro atoms. The molecule has 0 amide bonds. The molecule has 17 heavy (non-hydrogen) atoms. The van der Waals surface area contributed by atoms with E-state index >= 15 is 0 Å². The van der Waals surface area contributed by atoms with Crippen LogP contribution >= 0.6 is 11.8 Å². The third-order valence-corrected chi connectivity index (χ3v) is 3.39. The fourth-order valence-corrected chi connectivity index (χ4v) is 2.31. The van der Waals surface area contributed by atoms with E-state index in [1.165, 1.54) is 18.9 Å². The van der Waals surface area contributed by atoms with Crippen molar-refractivity contribution in [3.05, 3.63) is 35.9 Å². The Morgan fingerprint density at radius 3 is 2.53 bits per heavy atom. The first-order chi connectivity index (χ1) is 8.15. The molecule has 5 heteroatoms. The summed E-state index contributed by atoms with van der Waals surface area (Å²) >= 11 is 1.23. The summed E-state index contributed by atoms with van der Waals surface area (Å²) in [6.45, 7) is 0. The van der Waals surface area contributed by atoms with E-state index in [0.717, 1.165) is 5.56 Å². The number of carbonyl (C=O) groups is 2. The Morgan fingerprint density at radius 1 is 1.35 bits per heavy atom. The van der Waals surface area contributed by atoms with Crippen LogP contribution in [0.25, 0.3) is 0 Å². The Bertz CT molecular complexity index is 377. The van der Waals surface area contributed by atoms with Gasteiger partial charge in [0.05, 0.1) is 13.5 Å². The molecule has 0 bridgehead atoms. The molecule has 1 rings (SSSR count). The number of ether oxygens (including phenoxy) is 1. The van der Waals surface area contributed by atoms with Crippen LogP contribution in [0.15, 0.2) is 30.3 Å². The largest absolute Gasteiger partial charge is 0.480 e. The summed E-state index contributed by atoms with van der Waals surface area (Å²) in [6.07, 6.45) is 0.220. The van der Waals surface area contributed by atoms with Gasteiger partial charge in [0.25, 0.3) is 0 Å². The van der Waals surface area contributed by atoms with Gasteiger partial charge in [0, 0.05) is 5.75 Å². The van der Waals surface area contributed by atoms with Crippen LogP contribution in [0.4, 0.5) is 0 Å². The van der Waals surface area contributed by atoms with E-state index in [0.29, 0.717) is 5.75 Å². The highest BCUT2D eigenvalue weighted by Crippen LogP contribution is 2.29. The summed E-state index contributed by atoms with van der Waals surface area (Å²) < 4.78 is 4.50. The van der Waals surface area contributed by atoms with Gasteiger partial charge in [-0.05, 0) is 5.56 Å². The molecule has 0 radical (unpaired) electrons. The summed E-state index contributed by atoms with van der Waals surface area (Å²) in [7, 11) is 1.32. The number of carboxylic acids is 1. The van der Waals surface area contributed by atoms with Crippen molar-refractivity contribution in [3.8, 4) is 0 Å². The molecule has 0 aromatic heterocycles. The Labute approximate surface area is 104 Å². The first kappa shape index (κ1) is 13.6. The average Bonchev–Trinajstić information content (AvgIpc) is 2.34. The molecule has 0 fully saturated rings. The molecular weight excluding hydrogens is 240 g/mol. The summed E-state index contributed by atoms with van der Waals surface area (Å²) in [5, 5.41) is 8.47. The van der Waals surface area contributed by atoms with Crippen molar-refractivity contribution in [2.24, 2.45) is 0 Å². The first-order valence-corrected chi connectivity index (χ1v) is 6.16. The van der Waals surface area contributed by atoms with Crippen LogP contribution in [0.1, 0.15) is 17.2 Å². The Hall–Kier alpha value is -1.49. The summed E-state index contributed by atoms with van der Waals surface area (Å²) in [5.41, 5.74) is 0.731. The van der Waals surface area contributed by atoms with Crippen molar-refractivity contribution in [2.45, 2.75) is 11.7 Å². The second-order valence-corrected chi connectivity index (χ2v) is 4.54. The smallest absolute Gasteiger partial charge is 0.321 e. The Balaban J connectivity index is 2.56. The lowest BCUT2D eigenvalue weighted by molar-refractivity contribution is -0.140. The van der Waals surface area contributed by atoms with E-state index in [-0.39, 0.29) is 12.4 Å². The van der Waals surface area contributed by atoms with E-state index in [2.05, 4.69) is 4.74 Å². The normalized spacial score (nSPS) is 11.8. The van der Waals surface area contributed by atoms with E-state index in [4.69, 9.17) is 5.11 Å². The minimum atomic E-state index is -0.897. The highest BCUT2D eigenvalue weighted by Gasteiger charge is 2.20. The third kappa shape index (κ3) is 4.48. The van der Waals surface area contributed by atoms with Crippen molar-refractivity contribution in [3.63, 3.8) is 0 Å². The predicted octanol–water partition coefficient (Wildman–Crippen LogP) is 2.11. The van der Waals surface area contributed by atoms with E-state index in [1.54, 1.807) is 24.3 Å². The molecule has 0 aliphatic heterocycles. The lowest BCUT2D eigenvalue weighted by Crippen LogP contribution is -2.10. The Morgan fingerprint density at radius 2 is 2.00 bits per heavy atom. The summed E-state index contributed by atoms with van der Waals surface area (Å²) in [6, 6.07) is 8.97. The van der Waals surface area contributed by atoms with Crippen LogP contribution in [0.5, 0.6) is 0 Å². The summed E-state index contributed by atoms with van der Waals surface area (Å²) in [4.78, 5) is 22.0. The van der Waals surface area contributed by atoms with Crippen molar-refractivity contribution in [1.82, 2.24) is 0 Å². The molecule has 92 valence electrons. The standard InChI is InChI=1S/C12H14O4S/c1-16-10(13)7-8-17-11(12(14)15)9-5-3-2-4-6-9/h2-6,11H,7-8H2,1H3,(H,14,15). The quantitative estimate of drug-likeness (QED) is 0.788. The molecule has 1 aromatic carbocycles. The fraction of sp³-hybridized carbons (Fsp3) is 0.333. The number of rotatable bonds is 6. The molecule has 0 saturated heterocycles. The number of esters is 1. The minimum Gasteiger partial charge on any atom is -0.480 e. The van der Waals surface area contributed by atoms with Crippen LogP contribution in [0.2, 0.25) is 0 Å². The maximum Gasteiger partial charge on any atom is 0.321 e. The van der Waals surface area contributed by atoms with Crippen molar-refractivity contribution >= 4 is 23.7 Å². The molecule has 0 aliphatic carbocycles. The first-order valence-electron chi connectivity index (χ1n) is 5.11. The zero-order valence-electron chi connectivity index (χ0n) is 9.46. The van der Waals surface area contributed by atoms with Gasteiger partial charge in [0.1, 0.15) is 5.25 Å². The van der Waals surface area contributed by atoms with Gasteiger partial charge in [-0.1, -0.05) is 30.3 Å².